The van der Waals surface area contributed by atoms with Gasteiger partial charge in [-0.25, -0.2) is 4.98 Å². The number of para-hydroxylation sites is 1. The van der Waals surface area contributed by atoms with Crippen LogP contribution < -0.4 is 5.32 Å². The number of likely N-dealkylation sites (tertiary alicyclic amines) is 1. The standard InChI is InChI=1S/C27H30N6O2/c1-19-6-7-22(26(34)30-11-3-14-32-17-13-28-18-32)25(31-19)21-9-15-33(16-10-21)27(35)23-5-2-4-20-8-12-29-24(20)23/h2,4-8,12-13,17-18,21,29H,3,9-11,14-16H2,1H3,(H,30,34). The molecule has 8 heteroatoms. The van der Waals surface area contributed by atoms with Gasteiger partial charge in [-0.05, 0) is 50.5 Å². The Morgan fingerprint density at radius 1 is 1.11 bits per heavy atom. The van der Waals surface area contributed by atoms with Gasteiger partial charge in [0, 0.05) is 61.8 Å². The van der Waals surface area contributed by atoms with Crippen LogP contribution in [-0.4, -0.2) is 55.9 Å². The zero-order valence-electron chi connectivity index (χ0n) is 19.9. The van der Waals surface area contributed by atoms with Crippen molar-refractivity contribution in [1.82, 2.24) is 29.7 Å². The van der Waals surface area contributed by atoms with Gasteiger partial charge in [0.2, 0.25) is 0 Å². The number of piperidine rings is 1. The summed E-state index contributed by atoms with van der Waals surface area (Å²) in [5.41, 5.74) is 3.96. The van der Waals surface area contributed by atoms with Crippen LogP contribution in [-0.2, 0) is 6.54 Å². The van der Waals surface area contributed by atoms with Gasteiger partial charge in [0.25, 0.3) is 11.8 Å². The smallest absolute Gasteiger partial charge is 0.255 e. The normalized spacial score (nSPS) is 14.4. The Bertz CT molecular complexity index is 1320. The number of hydrogen-bond donors (Lipinski definition) is 2. The van der Waals surface area contributed by atoms with Crippen LogP contribution >= 0.6 is 0 Å². The number of aromatic amines is 1. The number of H-pyrrole nitrogens is 1. The number of benzene rings is 1. The maximum absolute atomic E-state index is 13.2. The van der Waals surface area contributed by atoms with Crippen LogP contribution in [0.2, 0.25) is 0 Å². The van der Waals surface area contributed by atoms with Gasteiger partial charge in [-0.2, -0.15) is 0 Å². The number of fused-ring (bicyclic) bond motifs is 1. The number of nitrogens with zero attached hydrogens (tertiary/aromatic N) is 4. The zero-order chi connectivity index (χ0) is 24.2. The van der Waals surface area contributed by atoms with Crippen molar-refractivity contribution in [3.8, 4) is 0 Å². The average molecular weight is 471 g/mol. The fourth-order valence-electron chi connectivity index (χ4n) is 4.85. The van der Waals surface area contributed by atoms with Crippen LogP contribution in [0.1, 0.15) is 57.3 Å². The van der Waals surface area contributed by atoms with E-state index in [0.717, 1.165) is 48.1 Å². The predicted octanol–water partition coefficient (Wildman–Crippen LogP) is 3.91. The van der Waals surface area contributed by atoms with Crippen LogP contribution in [0.4, 0.5) is 0 Å². The predicted molar refractivity (Wildman–Crippen MR) is 134 cm³/mol. The summed E-state index contributed by atoms with van der Waals surface area (Å²) >= 11 is 0. The fourth-order valence-corrected chi connectivity index (χ4v) is 4.85. The molecule has 2 amide bonds. The highest BCUT2D eigenvalue weighted by Gasteiger charge is 2.29. The van der Waals surface area contributed by atoms with Gasteiger partial charge in [0.1, 0.15) is 0 Å². The molecule has 0 radical (unpaired) electrons. The third-order valence-electron chi connectivity index (χ3n) is 6.73. The molecule has 8 nitrogen and oxygen atoms in total. The first-order valence-electron chi connectivity index (χ1n) is 12.2. The summed E-state index contributed by atoms with van der Waals surface area (Å²) in [4.78, 5) is 40.1. The quantitative estimate of drug-likeness (QED) is 0.400. The second kappa shape index (κ2) is 10.1. The minimum atomic E-state index is -0.0879. The lowest BCUT2D eigenvalue weighted by Gasteiger charge is -2.32. The molecule has 35 heavy (non-hydrogen) atoms. The minimum Gasteiger partial charge on any atom is -0.361 e. The fraction of sp³-hybridized carbons (Fsp3) is 0.333. The van der Waals surface area contributed by atoms with Crippen LogP contribution in [0.25, 0.3) is 10.9 Å². The topological polar surface area (TPSA) is 95.9 Å². The van der Waals surface area contributed by atoms with Gasteiger partial charge in [-0.3, -0.25) is 14.6 Å². The van der Waals surface area contributed by atoms with Crippen LogP contribution in [0.15, 0.2) is 61.3 Å². The van der Waals surface area contributed by atoms with E-state index in [1.165, 1.54) is 0 Å². The lowest BCUT2D eigenvalue weighted by molar-refractivity contribution is 0.0712. The lowest BCUT2D eigenvalue weighted by Crippen LogP contribution is -2.38. The molecule has 1 fully saturated rings. The van der Waals surface area contributed by atoms with Gasteiger partial charge in [0.15, 0.2) is 0 Å². The molecule has 0 saturated carbocycles. The van der Waals surface area contributed by atoms with E-state index >= 15 is 0 Å². The molecular weight excluding hydrogens is 440 g/mol. The Morgan fingerprint density at radius 3 is 2.77 bits per heavy atom. The Morgan fingerprint density at radius 2 is 1.97 bits per heavy atom. The number of nitrogens with one attached hydrogen (secondary N) is 2. The second-order valence-corrected chi connectivity index (χ2v) is 9.11. The molecule has 4 heterocycles. The summed E-state index contributed by atoms with van der Waals surface area (Å²) in [6.45, 7) is 4.62. The van der Waals surface area contributed by atoms with E-state index < -0.39 is 0 Å². The molecule has 2 N–H and O–H groups in total. The molecule has 0 aliphatic carbocycles. The van der Waals surface area contributed by atoms with Crippen molar-refractivity contribution >= 4 is 22.7 Å². The van der Waals surface area contributed by atoms with Crippen molar-refractivity contribution in [2.45, 2.75) is 38.6 Å². The number of imidazole rings is 1. The first-order valence-corrected chi connectivity index (χ1v) is 12.2. The molecule has 3 aromatic heterocycles. The first-order chi connectivity index (χ1) is 17.1. The molecule has 5 rings (SSSR count). The van der Waals surface area contributed by atoms with Crippen LogP contribution in [0.3, 0.4) is 0 Å². The molecule has 0 unspecified atom stereocenters. The Kier molecular flexibility index (Phi) is 6.61. The molecule has 1 aromatic carbocycles. The third-order valence-corrected chi connectivity index (χ3v) is 6.73. The SMILES string of the molecule is Cc1ccc(C(=O)NCCCn2ccnc2)c(C2CCN(C(=O)c3cccc4cc[nH]c34)CC2)n1. The molecule has 1 aliphatic rings. The van der Waals surface area contributed by atoms with E-state index in [1.54, 1.807) is 12.5 Å². The van der Waals surface area contributed by atoms with Gasteiger partial charge in [-0.15, -0.1) is 0 Å². The van der Waals surface area contributed by atoms with E-state index in [2.05, 4.69) is 15.3 Å². The number of rotatable bonds is 7. The second-order valence-electron chi connectivity index (χ2n) is 9.11. The van der Waals surface area contributed by atoms with Gasteiger partial charge < -0.3 is 19.8 Å². The van der Waals surface area contributed by atoms with Crippen molar-refractivity contribution in [3.05, 3.63) is 83.8 Å². The Hall–Kier alpha value is -3.94. The maximum Gasteiger partial charge on any atom is 0.255 e. The lowest BCUT2D eigenvalue weighted by atomic mass is 9.89. The molecule has 0 bridgehead atoms. The van der Waals surface area contributed by atoms with Crippen LogP contribution in [0, 0.1) is 6.92 Å². The molecule has 0 atom stereocenters. The van der Waals surface area contributed by atoms with Crippen molar-refractivity contribution in [1.29, 1.82) is 0 Å². The molecule has 1 aliphatic heterocycles. The number of amides is 2. The van der Waals surface area contributed by atoms with E-state index in [9.17, 15) is 9.59 Å². The summed E-state index contributed by atoms with van der Waals surface area (Å²) in [5, 5.41) is 4.08. The largest absolute Gasteiger partial charge is 0.361 e. The molecular formula is C27H30N6O2. The summed E-state index contributed by atoms with van der Waals surface area (Å²) in [7, 11) is 0. The maximum atomic E-state index is 13.2. The highest BCUT2D eigenvalue weighted by atomic mass is 16.2. The molecule has 0 spiro atoms. The number of aryl methyl sites for hydroxylation is 2. The number of aromatic nitrogens is 4. The highest BCUT2D eigenvalue weighted by molar-refractivity contribution is 6.05. The highest BCUT2D eigenvalue weighted by Crippen LogP contribution is 2.30. The first kappa shape index (κ1) is 22.8. The Balaban J connectivity index is 1.23. The van der Waals surface area contributed by atoms with Crippen molar-refractivity contribution in [3.63, 3.8) is 0 Å². The van der Waals surface area contributed by atoms with Gasteiger partial charge >= 0.3 is 0 Å². The van der Waals surface area contributed by atoms with E-state index in [-0.39, 0.29) is 17.7 Å². The van der Waals surface area contributed by atoms with Crippen LogP contribution in [0.5, 0.6) is 0 Å². The number of hydrogen-bond acceptors (Lipinski definition) is 4. The number of carbonyl (C=O) groups is 2. The monoisotopic (exact) mass is 470 g/mol. The third kappa shape index (κ3) is 4.96. The van der Waals surface area contributed by atoms with E-state index in [4.69, 9.17) is 4.98 Å². The van der Waals surface area contributed by atoms with Gasteiger partial charge in [-0.1, -0.05) is 12.1 Å². The molecule has 1 saturated heterocycles. The van der Waals surface area contributed by atoms with Crippen molar-refractivity contribution in [2.75, 3.05) is 19.6 Å². The molecule has 4 aromatic rings. The number of carbonyl (C=O) groups excluding carboxylic acids is 2. The average Bonchev–Trinajstić information content (AvgIpc) is 3.58. The summed E-state index contributed by atoms with van der Waals surface area (Å²) in [5.74, 6) is 0.103. The Labute approximate surface area is 204 Å². The molecule has 180 valence electrons. The minimum absolute atomic E-state index is 0.0459. The van der Waals surface area contributed by atoms with Gasteiger partial charge in [0.05, 0.1) is 28.7 Å². The van der Waals surface area contributed by atoms with Crippen molar-refractivity contribution < 1.29 is 9.59 Å². The summed E-state index contributed by atoms with van der Waals surface area (Å²) in [6, 6.07) is 11.6. The van der Waals surface area contributed by atoms with E-state index in [0.29, 0.717) is 30.8 Å². The van der Waals surface area contributed by atoms with Crippen molar-refractivity contribution in [2.24, 2.45) is 0 Å². The van der Waals surface area contributed by atoms with E-state index in [1.807, 2.05) is 65.2 Å². The summed E-state index contributed by atoms with van der Waals surface area (Å²) < 4.78 is 2.00. The summed E-state index contributed by atoms with van der Waals surface area (Å²) in [6.07, 6.45) is 9.70. The zero-order valence-corrected chi connectivity index (χ0v) is 19.9. The number of pyridine rings is 1.